The lowest BCUT2D eigenvalue weighted by molar-refractivity contribution is 0.589. The number of H-pyrrole nitrogens is 1. The highest BCUT2D eigenvalue weighted by atomic mass is 32.2. The van der Waals surface area contributed by atoms with Crippen LogP contribution < -0.4 is 5.56 Å². The van der Waals surface area contributed by atoms with Gasteiger partial charge in [-0.05, 0) is 18.1 Å². The molecule has 0 saturated carbocycles. The number of benzene rings is 1. The molecule has 0 bridgehead atoms. The van der Waals surface area contributed by atoms with Crippen LogP contribution in [0.5, 0.6) is 0 Å². The Balaban J connectivity index is 2.13. The highest BCUT2D eigenvalue weighted by molar-refractivity contribution is 7.91. The van der Waals surface area contributed by atoms with Crippen molar-refractivity contribution in [2.45, 2.75) is 11.4 Å². The van der Waals surface area contributed by atoms with Gasteiger partial charge in [0.25, 0.3) is 5.56 Å². The Morgan fingerprint density at radius 1 is 1.06 bits per heavy atom. The molecular weight excluding hydrogens is 252 g/mol. The van der Waals surface area contributed by atoms with Crippen LogP contribution in [0.2, 0.25) is 0 Å². The van der Waals surface area contributed by atoms with Gasteiger partial charge < -0.3 is 0 Å². The van der Waals surface area contributed by atoms with E-state index in [1.54, 1.807) is 0 Å². The Labute approximate surface area is 104 Å². The Morgan fingerprint density at radius 3 is 2.39 bits per heavy atom. The summed E-state index contributed by atoms with van der Waals surface area (Å²) < 4.78 is 23.9. The van der Waals surface area contributed by atoms with E-state index in [4.69, 9.17) is 0 Å². The summed E-state index contributed by atoms with van der Waals surface area (Å²) >= 11 is 0. The molecule has 0 aliphatic rings. The summed E-state index contributed by atoms with van der Waals surface area (Å²) in [5, 5.41) is 5.56. The van der Waals surface area contributed by atoms with Gasteiger partial charge >= 0.3 is 0 Å². The molecule has 0 unspecified atom stereocenters. The number of hydrogen-bond donors (Lipinski definition) is 1. The van der Waals surface area contributed by atoms with E-state index in [9.17, 15) is 13.2 Å². The zero-order valence-corrected chi connectivity index (χ0v) is 10.4. The van der Waals surface area contributed by atoms with Crippen molar-refractivity contribution < 1.29 is 8.42 Å². The van der Waals surface area contributed by atoms with Crippen LogP contribution in [0.25, 0.3) is 0 Å². The van der Waals surface area contributed by atoms with Gasteiger partial charge in [-0.25, -0.2) is 13.5 Å². The van der Waals surface area contributed by atoms with E-state index in [0.29, 0.717) is 6.42 Å². The molecule has 18 heavy (non-hydrogen) atoms. The van der Waals surface area contributed by atoms with E-state index in [1.165, 1.54) is 6.07 Å². The zero-order chi connectivity index (χ0) is 13.0. The third-order valence-electron chi connectivity index (χ3n) is 2.47. The lowest BCUT2D eigenvalue weighted by Gasteiger charge is -2.03. The number of aromatic amines is 1. The number of nitrogens with zero attached hydrogens (tertiary/aromatic N) is 1. The first-order valence-corrected chi connectivity index (χ1v) is 7.05. The lowest BCUT2D eigenvalue weighted by Crippen LogP contribution is -2.15. The molecule has 0 amide bonds. The molecule has 0 fully saturated rings. The summed E-state index contributed by atoms with van der Waals surface area (Å²) in [6, 6.07) is 11.7. The molecule has 0 saturated heterocycles. The maximum absolute atomic E-state index is 11.9. The molecule has 0 aliphatic heterocycles. The van der Waals surface area contributed by atoms with E-state index in [1.807, 2.05) is 30.3 Å². The van der Waals surface area contributed by atoms with E-state index in [0.717, 1.165) is 11.6 Å². The minimum atomic E-state index is -3.46. The van der Waals surface area contributed by atoms with Crippen molar-refractivity contribution in [2.75, 3.05) is 5.75 Å². The fourth-order valence-electron chi connectivity index (χ4n) is 1.51. The maximum atomic E-state index is 11.9. The highest BCUT2D eigenvalue weighted by Gasteiger charge is 2.16. The van der Waals surface area contributed by atoms with Gasteiger partial charge in [-0.3, -0.25) is 4.79 Å². The molecule has 2 rings (SSSR count). The van der Waals surface area contributed by atoms with Gasteiger partial charge in [0.05, 0.1) is 5.75 Å². The summed E-state index contributed by atoms with van der Waals surface area (Å²) in [4.78, 5) is 10.8. The van der Waals surface area contributed by atoms with Gasteiger partial charge in [-0.15, -0.1) is 0 Å². The minimum Gasteiger partial charge on any atom is -0.268 e. The highest BCUT2D eigenvalue weighted by Crippen LogP contribution is 2.08. The Morgan fingerprint density at radius 2 is 1.78 bits per heavy atom. The topological polar surface area (TPSA) is 79.9 Å². The van der Waals surface area contributed by atoms with Gasteiger partial charge in [-0.2, -0.15) is 5.10 Å². The SMILES string of the molecule is O=c1ccc(S(=O)(=O)CCc2ccccc2)n[nH]1. The number of hydrogen-bond acceptors (Lipinski definition) is 4. The molecule has 2 aromatic rings. The standard InChI is InChI=1S/C12H12N2O3S/c15-11-6-7-12(14-13-11)18(16,17)9-8-10-4-2-1-3-5-10/h1-7H,8-9H2,(H,13,15). The molecule has 1 aromatic carbocycles. The van der Waals surface area contributed by atoms with Crippen LogP contribution in [0.15, 0.2) is 52.3 Å². The van der Waals surface area contributed by atoms with Crippen LogP contribution in [0, 0.1) is 0 Å². The molecule has 1 heterocycles. The zero-order valence-electron chi connectivity index (χ0n) is 9.54. The number of nitrogens with one attached hydrogen (secondary N) is 1. The van der Waals surface area contributed by atoms with Gasteiger partial charge in [0.1, 0.15) is 0 Å². The first kappa shape index (κ1) is 12.5. The van der Waals surface area contributed by atoms with Gasteiger partial charge in [-0.1, -0.05) is 30.3 Å². The summed E-state index contributed by atoms with van der Waals surface area (Å²) in [6.45, 7) is 0. The van der Waals surface area contributed by atoms with E-state index in [-0.39, 0.29) is 10.8 Å². The number of rotatable bonds is 4. The first-order valence-electron chi connectivity index (χ1n) is 5.40. The summed E-state index contributed by atoms with van der Waals surface area (Å²) in [7, 11) is -3.46. The second-order valence-electron chi connectivity index (χ2n) is 3.81. The van der Waals surface area contributed by atoms with Gasteiger partial charge in [0.15, 0.2) is 14.9 Å². The summed E-state index contributed by atoms with van der Waals surface area (Å²) in [5.74, 6) is -0.0317. The molecule has 0 radical (unpaired) electrons. The van der Waals surface area contributed by atoms with Crippen LogP contribution in [-0.2, 0) is 16.3 Å². The van der Waals surface area contributed by atoms with Crippen LogP contribution in [0.3, 0.4) is 0 Å². The molecule has 5 nitrogen and oxygen atoms in total. The lowest BCUT2D eigenvalue weighted by atomic mass is 10.2. The predicted octanol–water partition coefficient (Wildman–Crippen LogP) is 0.786. The minimum absolute atomic E-state index is 0.0317. The Kier molecular flexibility index (Phi) is 3.57. The molecule has 0 spiro atoms. The maximum Gasteiger partial charge on any atom is 0.264 e. The number of aryl methyl sites for hydroxylation is 1. The monoisotopic (exact) mass is 264 g/mol. The van der Waals surface area contributed by atoms with Gasteiger partial charge in [0.2, 0.25) is 0 Å². The second kappa shape index (κ2) is 5.14. The summed E-state index contributed by atoms with van der Waals surface area (Å²) in [6.07, 6.45) is 0.421. The average Bonchev–Trinajstić information content (AvgIpc) is 2.38. The van der Waals surface area contributed by atoms with Crippen LogP contribution in [0.4, 0.5) is 0 Å². The third kappa shape index (κ3) is 3.04. The van der Waals surface area contributed by atoms with Gasteiger partial charge in [0, 0.05) is 6.07 Å². The van der Waals surface area contributed by atoms with Crippen molar-refractivity contribution in [1.29, 1.82) is 0 Å². The normalized spacial score (nSPS) is 11.3. The quantitative estimate of drug-likeness (QED) is 0.885. The smallest absolute Gasteiger partial charge is 0.264 e. The number of aromatic nitrogens is 2. The van der Waals surface area contributed by atoms with E-state index < -0.39 is 15.4 Å². The Hall–Kier alpha value is -1.95. The molecule has 1 N–H and O–H groups in total. The van der Waals surface area contributed by atoms with Crippen molar-refractivity contribution in [2.24, 2.45) is 0 Å². The molecule has 0 atom stereocenters. The van der Waals surface area contributed by atoms with Crippen molar-refractivity contribution >= 4 is 9.84 Å². The van der Waals surface area contributed by atoms with Crippen molar-refractivity contribution in [3.05, 3.63) is 58.4 Å². The second-order valence-corrected chi connectivity index (χ2v) is 5.87. The first-order chi connectivity index (χ1) is 8.58. The van der Waals surface area contributed by atoms with Crippen LogP contribution in [-0.4, -0.2) is 24.4 Å². The van der Waals surface area contributed by atoms with Crippen LogP contribution >= 0.6 is 0 Å². The molecule has 1 aromatic heterocycles. The predicted molar refractivity (Wildman–Crippen MR) is 67.1 cm³/mol. The number of sulfone groups is 1. The van der Waals surface area contributed by atoms with Crippen molar-refractivity contribution in [3.63, 3.8) is 0 Å². The van der Waals surface area contributed by atoms with E-state index >= 15 is 0 Å². The largest absolute Gasteiger partial charge is 0.268 e. The fourth-order valence-corrected chi connectivity index (χ4v) is 2.68. The van der Waals surface area contributed by atoms with E-state index in [2.05, 4.69) is 10.2 Å². The molecule has 0 aliphatic carbocycles. The average molecular weight is 264 g/mol. The summed E-state index contributed by atoms with van der Waals surface area (Å²) in [5.41, 5.74) is 0.530. The van der Waals surface area contributed by atoms with Crippen LogP contribution in [0.1, 0.15) is 5.56 Å². The third-order valence-corrected chi connectivity index (χ3v) is 4.08. The fraction of sp³-hybridized carbons (Fsp3) is 0.167. The van der Waals surface area contributed by atoms with Crippen molar-refractivity contribution in [1.82, 2.24) is 10.2 Å². The molecular formula is C12H12N2O3S. The molecule has 6 heteroatoms. The van der Waals surface area contributed by atoms with Crippen molar-refractivity contribution in [3.8, 4) is 0 Å². The molecule has 94 valence electrons. The Bertz CT molecular complexity index is 657.